The smallest absolute Gasteiger partial charge is 0.232 e. The van der Waals surface area contributed by atoms with Gasteiger partial charge in [0.15, 0.2) is 0 Å². The van der Waals surface area contributed by atoms with Gasteiger partial charge in [0, 0.05) is 42.6 Å². The van der Waals surface area contributed by atoms with E-state index >= 15 is 0 Å². The van der Waals surface area contributed by atoms with Crippen molar-refractivity contribution in [2.45, 2.75) is 13.5 Å². The van der Waals surface area contributed by atoms with Gasteiger partial charge in [-0.15, -0.1) is 0 Å². The first kappa shape index (κ1) is 21.1. The molecule has 0 unspecified atom stereocenters. The Kier molecular flexibility index (Phi) is 6.39. The summed E-state index contributed by atoms with van der Waals surface area (Å²) in [5.41, 5.74) is 8.92. The van der Waals surface area contributed by atoms with Gasteiger partial charge in [0.25, 0.3) is 0 Å². The maximum absolute atomic E-state index is 6.21. The molecular formula is C22H26ClN7O. The number of benzene rings is 2. The second kappa shape index (κ2) is 9.36. The minimum Gasteiger partial charge on any atom is -0.497 e. The summed E-state index contributed by atoms with van der Waals surface area (Å²) in [6.07, 6.45) is 0. The van der Waals surface area contributed by atoms with Gasteiger partial charge in [0.05, 0.1) is 13.7 Å². The lowest BCUT2D eigenvalue weighted by molar-refractivity contribution is 0.244. The van der Waals surface area contributed by atoms with E-state index in [0.29, 0.717) is 23.3 Å². The van der Waals surface area contributed by atoms with Crippen molar-refractivity contribution in [2.75, 3.05) is 49.2 Å². The fourth-order valence-electron chi connectivity index (χ4n) is 3.59. The number of nitrogens with zero attached hydrogens (tertiary/aromatic N) is 5. The Hall–Kier alpha value is -3.10. The van der Waals surface area contributed by atoms with Crippen LogP contribution in [0.25, 0.3) is 0 Å². The molecule has 2 heterocycles. The predicted octanol–water partition coefficient (Wildman–Crippen LogP) is 3.49. The fourth-order valence-corrected chi connectivity index (χ4v) is 3.76. The summed E-state index contributed by atoms with van der Waals surface area (Å²) in [6, 6.07) is 13.8. The fraction of sp³-hybridized carbons (Fsp3) is 0.318. The van der Waals surface area contributed by atoms with Gasteiger partial charge in [-0.05, 0) is 48.9 Å². The second-order valence-electron chi connectivity index (χ2n) is 7.43. The van der Waals surface area contributed by atoms with Crippen molar-refractivity contribution in [2.24, 2.45) is 0 Å². The van der Waals surface area contributed by atoms with Gasteiger partial charge in [-0.25, -0.2) is 0 Å². The summed E-state index contributed by atoms with van der Waals surface area (Å²) in [5.74, 6) is 2.13. The average Bonchev–Trinajstić information content (AvgIpc) is 2.77. The zero-order valence-electron chi connectivity index (χ0n) is 17.7. The maximum Gasteiger partial charge on any atom is 0.232 e. The number of anilines is 4. The van der Waals surface area contributed by atoms with Gasteiger partial charge < -0.3 is 20.7 Å². The summed E-state index contributed by atoms with van der Waals surface area (Å²) in [5, 5.41) is 3.89. The van der Waals surface area contributed by atoms with Crippen LogP contribution in [0.2, 0.25) is 5.02 Å². The summed E-state index contributed by atoms with van der Waals surface area (Å²) in [7, 11) is 1.68. The van der Waals surface area contributed by atoms with Gasteiger partial charge in [-0.3, -0.25) is 4.90 Å². The summed E-state index contributed by atoms with van der Waals surface area (Å²) in [4.78, 5) is 17.8. The number of hydrogen-bond acceptors (Lipinski definition) is 8. The normalized spacial score (nSPS) is 14.5. The predicted molar refractivity (Wildman–Crippen MR) is 124 cm³/mol. The number of rotatable bonds is 6. The van der Waals surface area contributed by atoms with Gasteiger partial charge in [-0.2, -0.15) is 15.0 Å². The lowest BCUT2D eigenvalue weighted by Gasteiger charge is -2.35. The second-order valence-corrected chi connectivity index (χ2v) is 7.84. The van der Waals surface area contributed by atoms with Crippen molar-refractivity contribution in [1.29, 1.82) is 0 Å². The number of ether oxygens (including phenoxy) is 1. The highest BCUT2D eigenvalue weighted by Gasteiger charge is 2.19. The first-order valence-electron chi connectivity index (χ1n) is 10.2. The van der Waals surface area contributed by atoms with Crippen LogP contribution in [0.5, 0.6) is 5.75 Å². The average molecular weight is 440 g/mol. The molecule has 0 radical (unpaired) electrons. The van der Waals surface area contributed by atoms with E-state index in [1.165, 1.54) is 5.69 Å². The number of nitrogens with one attached hydrogen (secondary N) is 1. The van der Waals surface area contributed by atoms with Gasteiger partial charge in [0.1, 0.15) is 11.6 Å². The van der Waals surface area contributed by atoms with E-state index in [2.05, 4.69) is 42.2 Å². The molecule has 0 saturated carbocycles. The standard InChI is InChI=1S/C22H26ClN7O/c1-15-18(23)4-3-5-19(15)25-22-27-20(26-21(24)28-22)14-29-10-12-30(13-11-29)16-6-8-17(31-2)9-7-16/h3-9H,10-14H2,1-2H3,(H3,24,25,26,27,28). The number of methoxy groups -OCH3 is 1. The van der Waals surface area contributed by atoms with E-state index in [-0.39, 0.29) is 5.95 Å². The van der Waals surface area contributed by atoms with Crippen LogP contribution >= 0.6 is 11.6 Å². The highest BCUT2D eigenvalue weighted by atomic mass is 35.5. The molecule has 1 aliphatic heterocycles. The van der Waals surface area contributed by atoms with E-state index in [4.69, 9.17) is 22.1 Å². The Labute approximate surface area is 187 Å². The molecule has 3 aromatic rings. The number of aromatic nitrogens is 3. The zero-order chi connectivity index (χ0) is 21.8. The molecule has 0 spiro atoms. The van der Waals surface area contributed by atoms with Gasteiger partial charge in [0.2, 0.25) is 11.9 Å². The molecule has 0 aliphatic carbocycles. The zero-order valence-corrected chi connectivity index (χ0v) is 18.4. The molecule has 1 aromatic heterocycles. The van der Waals surface area contributed by atoms with E-state index < -0.39 is 0 Å². The maximum atomic E-state index is 6.21. The topological polar surface area (TPSA) is 92.4 Å². The Bertz CT molecular complexity index is 1040. The molecule has 4 rings (SSSR count). The molecule has 8 nitrogen and oxygen atoms in total. The largest absolute Gasteiger partial charge is 0.497 e. The molecule has 9 heteroatoms. The van der Waals surface area contributed by atoms with Crippen molar-refractivity contribution in [3.63, 3.8) is 0 Å². The molecule has 1 aliphatic rings. The lowest BCUT2D eigenvalue weighted by Crippen LogP contribution is -2.46. The van der Waals surface area contributed by atoms with Gasteiger partial charge >= 0.3 is 0 Å². The van der Waals surface area contributed by atoms with E-state index in [1.807, 2.05) is 37.3 Å². The summed E-state index contributed by atoms with van der Waals surface area (Å²) >= 11 is 6.21. The van der Waals surface area contributed by atoms with Gasteiger partial charge in [-0.1, -0.05) is 17.7 Å². The molecule has 1 fully saturated rings. The third-order valence-corrected chi connectivity index (χ3v) is 5.80. The first-order valence-corrected chi connectivity index (χ1v) is 10.5. The van der Waals surface area contributed by atoms with Crippen molar-refractivity contribution >= 4 is 34.9 Å². The Morgan fingerprint density at radius 3 is 2.48 bits per heavy atom. The minimum absolute atomic E-state index is 0.198. The molecule has 0 bridgehead atoms. The molecule has 2 aromatic carbocycles. The van der Waals surface area contributed by atoms with Crippen LogP contribution in [0.3, 0.4) is 0 Å². The Morgan fingerprint density at radius 1 is 1.03 bits per heavy atom. The van der Waals surface area contributed by atoms with Crippen molar-refractivity contribution in [3.8, 4) is 5.75 Å². The molecular weight excluding hydrogens is 414 g/mol. The van der Waals surface area contributed by atoms with Crippen LogP contribution < -0.4 is 20.7 Å². The number of piperazine rings is 1. The molecule has 3 N–H and O–H groups in total. The van der Waals surface area contributed by atoms with E-state index in [9.17, 15) is 0 Å². The third-order valence-electron chi connectivity index (χ3n) is 5.39. The molecule has 31 heavy (non-hydrogen) atoms. The highest BCUT2D eigenvalue weighted by molar-refractivity contribution is 6.31. The molecule has 1 saturated heterocycles. The van der Waals surface area contributed by atoms with Crippen LogP contribution in [0.4, 0.5) is 23.3 Å². The van der Waals surface area contributed by atoms with Crippen LogP contribution in [-0.2, 0) is 6.54 Å². The SMILES string of the molecule is COc1ccc(N2CCN(Cc3nc(N)nc(Nc4cccc(Cl)c4C)n3)CC2)cc1. The first-order chi connectivity index (χ1) is 15.0. The van der Waals surface area contributed by atoms with Crippen LogP contribution in [-0.4, -0.2) is 53.1 Å². The van der Waals surface area contributed by atoms with Crippen molar-refractivity contribution in [1.82, 2.24) is 19.9 Å². The van der Waals surface area contributed by atoms with E-state index in [0.717, 1.165) is 43.2 Å². The Balaban J connectivity index is 1.39. The van der Waals surface area contributed by atoms with Crippen molar-refractivity contribution in [3.05, 3.63) is 58.9 Å². The quantitative estimate of drug-likeness (QED) is 0.603. The van der Waals surface area contributed by atoms with E-state index in [1.54, 1.807) is 7.11 Å². The summed E-state index contributed by atoms with van der Waals surface area (Å²) in [6.45, 7) is 6.24. The monoisotopic (exact) mass is 439 g/mol. The molecule has 0 amide bonds. The molecule has 0 atom stereocenters. The van der Waals surface area contributed by atoms with Crippen LogP contribution in [0.15, 0.2) is 42.5 Å². The lowest BCUT2D eigenvalue weighted by atomic mass is 10.2. The van der Waals surface area contributed by atoms with Crippen LogP contribution in [0, 0.1) is 6.92 Å². The number of nitrogen functional groups attached to an aromatic ring is 1. The minimum atomic E-state index is 0.198. The number of hydrogen-bond donors (Lipinski definition) is 2. The third kappa shape index (κ3) is 5.15. The Morgan fingerprint density at radius 2 is 1.77 bits per heavy atom. The van der Waals surface area contributed by atoms with Crippen LogP contribution in [0.1, 0.15) is 11.4 Å². The molecule has 162 valence electrons. The highest BCUT2D eigenvalue weighted by Crippen LogP contribution is 2.25. The number of nitrogens with two attached hydrogens (primary N) is 1. The summed E-state index contributed by atoms with van der Waals surface area (Å²) < 4.78 is 5.24. The van der Waals surface area contributed by atoms with Crippen molar-refractivity contribution < 1.29 is 4.74 Å². The number of halogens is 1.